The first-order chi connectivity index (χ1) is 9.78. The molecule has 1 aliphatic rings. The maximum absolute atomic E-state index is 12.4. The first-order valence-corrected chi connectivity index (χ1v) is 8.12. The number of hydrogen-bond acceptors (Lipinski definition) is 5. The van der Waals surface area contributed by atoms with Gasteiger partial charge in [0.25, 0.3) is 10.2 Å². The lowest BCUT2D eigenvalue weighted by molar-refractivity contribution is -0.145. The van der Waals surface area contributed by atoms with Crippen molar-refractivity contribution in [3.8, 4) is 6.07 Å². The second-order valence-electron chi connectivity index (χ2n) is 5.04. The minimum absolute atomic E-state index is 0.133. The van der Waals surface area contributed by atoms with E-state index < -0.39 is 16.2 Å². The molecule has 1 rings (SSSR count). The minimum Gasteiger partial charge on any atom is -0.480 e. The summed E-state index contributed by atoms with van der Waals surface area (Å²) in [5, 5.41) is 17.2. The van der Waals surface area contributed by atoms with E-state index in [1.807, 2.05) is 6.07 Å². The highest BCUT2D eigenvalue weighted by atomic mass is 32.2. The minimum atomic E-state index is -3.59. The third-order valence-electron chi connectivity index (χ3n) is 3.54. The fourth-order valence-electron chi connectivity index (χ4n) is 2.09. The third-order valence-corrected chi connectivity index (χ3v) is 5.65. The van der Waals surface area contributed by atoms with E-state index in [-0.39, 0.29) is 38.3 Å². The van der Waals surface area contributed by atoms with E-state index in [0.717, 1.165) is 0 Å². The van der Waals surface area contributed by atoms with E-state index in [0.29, 0.717) is 12.8 Å². The van der Waals surface area contributed by atoms with Crippen LogP contribution in [0.25, 0.3) is 0 Å². The van der Waals surface area contributed by atoms with Gasteiger partial charge in [-0.15, -0.1) is 0 Å². The Hall–Kier alpha value is -1.21. The summed E-state index contributed by atoms with van der Waals surface area (Å²) >= 11 is 0. The second kappa shape index (κ2) is 7.70. The lowest BCUT2D eigenvalue weighted by Gasteiger charge is -2.34. The summed E-state index contributed by atoms with van der Waals surface area (Å²) in [6, 6.07) is 1.57. The molecule has 0 aromatic heterocycles. The molecule has 1 N–H and O–H groups in total. The van der Waals surface area contributed by atoms with Crippen molar-refractivity contribution in [2.45, 2.75) is 38.3 Å². The van der Waals surface area contributed by atoms with E-state index in [4.69, 9.17) is 15.1 Å². The number of nitriles is 1. The Balaban J connectivity index is 2.56. The molecule has 21 heavy (non-hydrogen) atoms. The molecule has 0 aromatic rings. The number of aliphatic carboxylic acids is 1. The number of carboxylic acid groups (broad SMARTS) is 1. The van der Waals surface area contributed by atoms with Crippen LogP contribution in [0.15, 0.2) is 0 Å². The van der Waals surface area contributed by atoms with E-state index in [1.165, 1.54) is 15.7 Å². The molecule has 0 spiro atoms. The van der Waals surface area contributed by atoms with Crippen LogP contribution in [0, 0.1) is 11.3 Å². The highest BCUT2D eigenvalue weighted by molar-refractivity contribution is 7.86. The zero-order valence-electron chi connectivity index (χ0n) is 12.2. The Bertz CT molecular complexity index is 494. The van der Waals surface area contributed by atoms with Gasteiger partial charge in [0, 0.05) is 26.2 Å². The summed E-state index contributed by atoms with van der Waals surface area (Å²) in [5.74, 6) is -1.03. The Kier molecular flexibility index (Phi) is 6.54. The normalized spacial score (nSPS) is 19.3. The summed E-state index contributed by atoms with van der Waals surface area (Å²) in [6.07, 6.45) is 0.836. The van der Waals surface area contributed by atoms with Crippen molar-refractivity contribution < 1.29 is 23.1 Å². The highest BCUT2D eigenvalue weighted by Gasteiger charge is 2.33. The third kappa shape index (κ3) is 4.93. The molecule has 1 saturated heterocycles. The average molecular weight is 319 g/mol. The number of carbonyl (C=O) groups is 1. The molecule has 1 aliphatic heterocycles. The van der Waals surface area contributed by atoms with Crippen molar-refractivity contribution in [3.05, 3.63) is 0 Å². The van der Waals surface area contributed by atoms with Gasteiger partial charge in [-0.2, -0.15) is 22.3 Å². The fraction of sp³-hybridized carbons (Fsp3) is 0.833. The van der Waals surface area contributed by atoms with Crippen LogP contribution in [0.5, 0.6) is 0 Å². The molecule has 1 heterocycles. The smallest absolute Gasteiger partial charge is 0.329 e. The molecule has 0 radical (unpaired) electrons. The monoisotopic (exact) mass is 319 g/mol. The number of carboxylic acids is 1. The summed E-state index contributed by atoms with van der Waals surface area (Å²) in [7, 11) is -2.13. The maximum atomic E-state index is 12.4. The van der Waals surface area contributed by atoms with Gasteiger partial charge in [0.05, 0.1) is 18.6 Å². The summed E-state index contributed by atoms with van der Waals surface area (Å²) in [4.78, 5) is 10.4. The SMILES string of the molecule is CC(CC#N)N(C)S(=O)(=O)N1CCC(OCC(=O)O)CC1. The lowest BCUT2D eigenvalue weighted by atomic mass is 10.1. The predicted octanol–water partition coefficient (Wildman–Crippen LogP) is 0.0308. The van der Waals surface area contributed by atoms with Crippen LogP contribution >= 0.6 is 0 Å². The molecular weight excluding hydrogens is 298 g/mol. The molecule has 1 atom stereocenters. The van der Waals surface area contributed by atoms with Gasteiger partial charge in [0.15, 0.2) is 0 Å². The Labute approximate surface area is 125 Å². The van der Waals surface area contributed by atoms with E-state index in [1.54, 1.807) is 6.92 Å². The average Bonchev–Trinajstić information content (AvgIpc) is 2.45. The number of nitrogens with zero attached hydrogens (tertiary/aromatic N) is 3. The second-order valence-corrected chi connectivity index (χ2v) is 7.03. The van der Waals surface area contributed by atoms with Gasteiger partial charge >= 0.3 is 5.97 Å². The van der Waals surface area contributed by atoms with E-state index >= 15 is 0 Å². The fourth-order valence-corrected chi connectivity index (χ4v) is 3.65. The number of piperidine rings is 1. The van der Waals surface area contributed by atoms with Crippen LogP contribution < -0.4 is 0 Å². The van der Waals surface area contributed by atoms with Gasteiger partial charge in [-0.25, -0.2) is 4.79 Å². The van der Waals surface area contributed by atoms with Gasteiger partial charge in [-0.1, -0.05) is 0 Å². The van der Waals surface area contributed by atoms with Crippen LogP contribution in [-0.2, 0) is 19.7 Å². The highest BCUT2D eigenvalue weighted by Crippen LogP contribution is 2.20. The largest absolute Gasteiger partial charge is 0.480 e. The van der Waals surface area contributed by atoms with Gasteiger partial charge in [0.2, 0.25) is 0 Å². The van der Waals surface area contributed by atoms with Crippen molar-refractivity contribution in [2.75, 3.05) is 26.7 Å². The molecule has 9 heteroatoms. The van der Waals surface area contributed by atoms with E-state index in [2.05, 4.69) is 0 Å². The Morgan fingerprint density at radius 2 is 2.10 bits per heavy atom. The zero-order chi connectivity index (χ0) is 16.0. The molecule has 120 valence electrons. The van der Waals surface area contributed by atoms with Crippen molar-refractivity contribution in [1.29, 1.82) is 5.26 Å². The summed E-state index contributed by atoms with van der Waals surface area (Å²) < 4.78 is 32.5. The number of ether oxygens (including phenoxy) is 1. The first kappa shape index (κ1) is 17.8. The molecule has 1 unspecified atom stereocenters. The molecule has 1 fully saturated rings. The summed E-state index contributed by atoms with van der Waals surface area (Å²) in [5.41, 5.74) is 0. The molecular formula is C12H21N3O5S. The van der Waals surface area contributed by atoms with Gasteiger partial charge in [0.1, 0.15) is 6.61 Å². The summed E-state index contributed by atoms with van der Waals surface area (Å²) in [6.45, 7) is 1.90. The van der Waals surface area contributed by atoms with Crippen LogP contribution in [0.1, 0.15) is 26.2 Å². The van der Waals surface area contributed by atoms with Gasteiger partial charge in [-0.05, 0) is 19.8 Å². The first-order valence-electron chi connectivity index (χ1n) is 6.72. The molecule has 0 saturated carbocycles. The van der Waals surface area contributed by atoms with E-state index in [9.17, 15) is 13.2 Å². The van der Waals surface area contributed by atoms with Crippen molar-refractivity contribution >= 4 is 16.2 Å². The topological polar surface area (TPSA) is 111 Å². The Morgan fingerprint density at radius 1 is 1.52 bits per heavy atom. The van der Waals surface area contributed by atoms with Crippen molar-refractivity contribution in [3.63, 3.8) is 0 Å². The molecule has 0 aliphatic carbocycles. The number of hydrogen-bond donors (Lipinski definition) is 1. The molecule has 8 nitrogen and oxygen atoms in total. The quantitative estimate of drug-likeness (QED) is 0.709. The molecule has 0 bridgehead atoms. The zero-order valence-corrected chi connectivity index (χ0v) is 13.0. The molecule has 0 aromatic carbocycles. The van der Waals surface area contributed by atoms with Crippen LogP contribution in [-0.4, -0.2) is 67.0 Å². The van der Waals surface area contributed by atoms with Crippen molar-refractivity contribution in [1.82, 2.24) is 8.61 Å². The lowest BCUT2D eigenvalue weighted by Crippen LogP contribution is -2.49. The van der Waals surface area contributed by atoms with Crippen LogP contribution in [0.3, 0.4) is 0 Å². The van der Waals surface area contributed by atoms with Gasteiger partial charge in [-0.3, -0.25) is 0 Å². The van der Waals surface area contributed by atoms with Crippen LogP contribution in [0.4, 0.5) is 0 Å². The maximum Gasteiger partial charge on any atom is 0.329 e. The van der Waals surface area contributed by atoms with Gasteiger partial charge < -0.3 is 9.84 Å². The molecule has 0 amide bonds. The predicted molar refractivity (Wildman–Crippen MR) is 74.6 cm³/mol. The van der Waals surface area contributed by atoms with Crippen molar-refractivity contribution in [2.24, 2.45) is 0 Å². The standard InChI is InChI=1S/C12H21N3O5S/c1-10(3-6-13)14(2)21(18,19)15-7-4-11(5-8-15)20-9-12(16)17/h10-11H,3-5,7-9H2,1-2H3,(H,16,17). The van der Waals surface area contributed by atoms with Crippen LogP contribution in [0.2, 0.25) is 0 Å². The number of rotatable bonds is 7. The Morgan fingerprint density at radius 3 is 2.57 bits per heavy atom.